The zero-order valence-corrected chi connectivity index (χ0v) is 13.7. The van der Waals surface area contributed by atoms with Crippen LogP contribution in [0.3, 0.4) is 0 Å². The van der Waals surface area contributed by atoms with Gasteiger partial charge in [-0.25, -0.2) is 0 Å². The molecule has 1 fully saturated rings. The zero-order valence-electron chi connectivity index (χ0n) is 13.7. The number of carbonyl (C=O) groups is 1. The summed E-state index contributed by atoms with van der Waals surface area (Å²) in [6, 6.07) is 2.33. The Bertz CT molecular complexity index is 380. The Balaban J connectivity index is 2.56. The topological polar surface area (TPSA) is 82.2 Å². The highest BCUT2D eigenvalue weighted by Crippen LogP contribution is 2.27. The van der Waals surface area contributed by atoms with E-state index in [0.29, 0.717) is 13.1 Å². The van der Waals surface area contributed by atoms with Crippen molar-refractivity contribution in [3.63, 3.8) is 0 Å². The Morgan fingerprint density at radius 1 is 1.38 bits per heavy atom. The van der Waals surface area contributed by atoms with Crippen molar-refractivity contribution in [3.05, 3.63) is 0 Å². The number of nitriles is 1. The summed E-state index contributed by atoms with van der Waals surface area (Å²) in [6.07, 6.45) is 4.74. The monoisotopic (exact) mass is 294 g/mol. The summed E-state index contributed by atoms with van der Waals surface area (Å²) >= 11 is 0. The first-order valence-electron chi connectivity index (χ1n) is 8.01. The normalized spacial score (nSPS) is 18.3. The van der Waals surface area contributed by atoms with E-state index in [4.69, 9.17) is 5.73 Å². The molecule has 120 valence electrons. The van der Waals surface area contributed by atoms with Crippen LogP contribution in [0.1, 0.15) is 52.9 Å². The number of nitrogens with two attached hydrogens (primary N) is 1. The van der Waals surface area contributed by atoms with E-state index in [2.05, 4.69) is 30.1 Å². The van der Waals surface area contributed by atoms with Crippen molar-refractivity contribution in [2.75, 3.05) is 26.2 Å². The fraction of sp³-hybridized carbons (Fsp3) is 0.875. The van der Waals surface area contributed by atoms with E-state index in [1.54, 1.807) is 0 Å². The number of hydrogen-bond acceptors (Lipinski definition) is 4. The minimum Gasteiger partial charge on any atom is -0.337 e. The molecule has 0 spiro atoms. The molecule has 3 N–H and O–H groups in total. The lowest BCUT2D eigenvalue weighted by molar-refractivity contribution is -0.124. The highest BCUT2D eigenvalue weighted by Gasteiger charge is 2.34. The number of amides is 1. The molecular weight excluding hydrogens is 264 g/mol. The molecule has 1 rings (SSSR count). The molecule has 0 atom stereocenters. The van der Waals surface area contributed by atoms with E-state index in [0.717, 1.165) is 45.2 Å². The molecule has 0 radical (unpaired) electrons. The number of rotatable bonds is 7. The van der Waals surface area contributed by atoms with Gasteiger partial charge in [0.1, 0.15) is 5.54 Å². The zero-order chi connectivity index (χ0) is 15.9. The molecule has 0 aromatic heterocycles. The van der Waals surface area contributed by atoms with E-state index < -0.39 is 5.54 Å². The van der Waals surface area contributed by atoms with Crippen LogP contribution >= 0.6 is 0 Å². The third-order valence-corrected chi connectivity index (χ3v) is 4.32. The molecular formula is C16H30N4O. The Morgan fingerprint density at radius 2 is 2.00 bits per heavy atom. The summed E-state index contributed by atoms with van der Waals surface area (Å²) in [5.41, 5.74) is 5.12. The lowest BCUT2D eigenvalue weighted by Crippen LogP contribution is -2.52. The second-order valence-electron chi connectivity index (χ2n) is 6.97. The molecule has 1 amide bonds. The van der Waals surface area contributed by atoms with E-state index in [1.807, 2.05) is 6.92 Å². The van der Waals surface area contributed by atoms with Crippen molar-refractivity contribution < 1.29 is 4.79 Å². The van der Waals surface area contributed by atoms with Gasteiger partial charge in [-0.2, -0.15) is 5.26 Å². The lowest BCUT2D eigenvalue weighted by atomic mass is 9.83. The first-order valence-corrected chi connectivity index (χ1v) is 8.01. The van der Waals surface area contributed by atoms with Crippen LogP contribution in [0.2, 0.25) is 0 Å². The van der Waals surface area contributed by atoms with Crippen LogP contribution in [0.15, 0.2) is 0 Å². The van der Waals surface area contributed by atoms with E-state index in [-0.39, 0.29) is 11.3 Å². The summed E-state index contributed by atoms with van der Waals surface area (Å²) in [4.78, 5) is 14.4. The molecule has 0 bridgehead atoms. The Kier molecular flexibility index (Phi) is 6.63. The van der Waals surface area contributed by atoms with Gasteiger partial charge in [-0.3, -0.25) is 9.69 Å². The maximum absolute atomic E-state index is 12.3. The van der Waals surface area contributed by atoms with Gasteiger partial charge >= 0.3 is 0 Å². The van der Waals surface area contributed by atoms with E-state index >= 15 is 0 Å². The van der Waals surface area contributed by atoms with Crippen LogP contribution in [0, 0.1) is 16.7 Å². The predicted octanol–water partition coefficient (Wildman–Crippen LogP) is 1.64. The van der Waals surface area contributed by atoms with Crippen molar-refractivity contribution in [2.45, 2.75) is 58.4 Å². The predicted molar refractivity (Wildman–Crippen MR) is 84.5 cm³/mol. The van der Waals surface area contributed by atoms with Gasteiger partial charge in [-0.15, -0.1) is 0 Å². The number of hydrogen-bond donors (Lipinski definition) is 2. The van der Waals surface area contributed by atoms with Gasteiger partial charge in [0.25, 0.3) is 0 Å². The second-order valence-corrected chi connectivity index (χ2v) is 6.97. The van der Waals surface area contributed by atoms with Gasteiger partial charge in [0.05, 0.1) is 12.6 Å². The number of nitrogens with one attached hydrogen (secondary N) is 1. The maximum Gasteiger partial charge on any atom is 0.235 e. The number of nitrogens with zero attached hydrogens (tertiary/aromatic N) is 2. The van der Waals surface area contributed by atoms with E-state index in [9.17, 15) is 10.1 Å². The molecule has 5 heteroatoms. The average Bonchev–Trinajstić information content (AvgIpc) is 2.47. The lowest BCUT2D eigenvalue weighted by Gasteiger charge is -2.34. The van der Waals surface area contributed by atoms with Gasteiger partial charge in [0.2, 0.25) is 5.91 Å². The van der Waals surface area contributed by atoms with Gasteiger partial charge in [-0.05, 0) is 31.3 Å². The van der Waals surface area contributed by atoms with E-state index in [1.165, 1.54) is 0 Å². The first-order chi connectivity index (χ1) is 9.86. The summed E-state index contributed by atoms with van der Waals surface area (Å²) in [5, 5.41) is 12.4. The van der Waals surface area contributed by atoms with Crippen LogP contribution in [0.4, 0.5) is 0 Å². The van der Waals surface area contributed by atoms with Crippen molar-refractivity contribution in [2.24, 2.45) is 11.1 Å². The fourth-order valence-electron chi connectivity index (χ4n) is 2.88. The third-order valence-electron chi connectivity index (χ3n) is 4.32. The maximum atomic E-state index is 12.3. The Hall–Kier alpha value is -1.12. The average molecular weight is 294 g/mol. The van der Waals surface area contributed by atoms with Crippen molar-refractivity contribution in [3.8, 4) is 6.07 Å². The Labute approximate surface area is 128 Å². The third kappa shape index (κ3) is 5.64. The van der Waals surface area contributed by atoms with Crippen LogP contribution in [-0.4, -0.2) is 42.5 Å². The second kappa shape index (κ2) is 7.77. The summed E-state index contributed by atoms with van der Waals surface area (Å²) < 4.78 is 0. The van der Waals surface area contributed by atoms with Gasteiger partial charge in [-0.1, -0.05) is 40.0 Å². The largest absolute Gasteiger partial charge is 0.337 e. The molecule has 0 aliphatic heterocycles. The SMILES string of the molecule is CCN(CC(=O)NC1(C#N)CCCCC1)CC(C)(C)CN. The van der Waals surface area contributed by atoms with Crippen LogP contribution < -0.4 is 11.1 Å². The molecule has 1 aliphatic carbocycles. The van der Waals surface area contributed by atoms with Gasteiger partial charge in [0.15, 0.2) is 0 Å². The van der Waals surface area contributed by atoms with Crippen LogP contribution in [0.25, 0.3) is 0 Å². The molecule has 0 unspecified atom stereocenters. The molecule has 0 heterocycles. The van der Waals surface area contributed by atoms with Gasteiger partial charge < -0.3 is 11.1 Å². The van der Waals surface area contributed by atoms with Gasteiger partial charge in [0, 0.05) is 6.54 Å². The summed E-state index contributed by atoms with van der Waals surface area (Å²) in [5.74, 6) is -0.0480. The van der Waals surface area contributed by atoms with Crippen LogP contribution in [-0.2, 0) is 4.79 Å². The first kappa shape index (κ1) is 17.9. The summed E-state index contributed by atoms with van der Waals surface area (Å²) in [7, 11) is 0. The minimum atomic E-state index is -0.641. The molecule has 0 aromatic rings. The summed E-state index contributed by atoms with van der Waals surface area (Å²) in [6.45, 7) is 8.76. The highest BCUT2D eigenvalue weighted by molar-refractivity contribution is 5.79. The van der Waals surface area contributed by atoms with Crippen molar-refractivity contribution in [1.29, 1.82) is 5.26 Å². The standard InChI is InChI=1S/C16H30N4O/c1-4-20(13-15(2,3)11-17)10-14(21)19-16(12-18)8-6-5-7-9-16/h4-11,13,17H2,1-3H3,(H,19,21). The molecule has 0 saturated heterocycles. The smallest absolute Gasteiger partial charge is 0.235 e. The molecule has 1 saturated carbocycles. The fourth-order valence-corrected chi connectivity index (χ4v) is 2.88. The van der Waals surface area contributed by atoms with Crippen LogP contribution in [0.5, 0.6) is 0 Å². The number of likely N-dealkylation sites (N-methyl/N-ethyl adjacent to an activating group) is 1. The Morgan fingerprint density at radius 3 is 2.48 bits per heavy atom. The molecule has 0 aromatic carbocycles. The highest BCUT2D eigenvalue weighted by atomic mass is 16.2. The van der Waals surface area contributed by atoms with Crippen molar-refractivity contribution >= 4 is 5.91 Å². The quantitative estimate of drug-likeness (QED) is 0.748. The minimum absolute atomic E-state index is 0.00591. The molecule has 21 heavy (non-hydrogen) atoms. The number of carbonyl (C=O) groups excluding carboxylic acids is 1. The molecule has 5 nitrogen and oxygen atoms in total. The molecule has 1 aliphatic rings. The van der Waals surface area contributed by atoms with Crippen molar-refractivity contribution in [1.82, 2.24) is 10.2 Å².